The number of hydrogen-bond acceptors (Lipinski definition) is 1. The lowest BCUT2D eigenvalue weighted by Gasteiger charge is -2.34. The van der Waals surface area contributed by atoms with Crippen LogP contribution >= 0.6 is 12.2 Å². The van der Waals surface area contributed by atoms with E-state index in [9.17, 15) is 0 Å². The molecule has 2 rings (SSSR count). The van der Waals surface area contributed by atoms with Gasteiger partial charge in [0.25, 0.3) is 0 Å². The number of benzene rings is 1. The highest BCUT2D eigenvalue weighted by atomic mass is 32.1. The lowest BCUT2D eigenvalue weighted by molar-refractivity contribution is 0.328. The molecule has 2 nitrogen and oxygen atoms in total. The summed E-state index contributed by atoms with van der Waals surface area (Å²) in [6.07, 6.45) is 3.65. The predicted octanol–water partition coefficient (Wildman–Crippen LogP) is 2.89. The quantitative estimate of drug-likeness (QED) is 0.810. The van der Waals surface area contributed by atoms with Gasteiger partial charge in [0.05, 0.1) is 6.04 Å². The van der Waals surface area contributed by atoms with Crippen LogP contribution in [0, 0.1) is 0 Å². The largest absolute Gasteiger partial charge is 0.363 e. The fourth-order valence-electron chi connectivity index (χ4n) is 2.55. The molecule has 0 spiro atoms. The lowest BCUT2D eigenvalue weighted by atomic mass is 9.87. The first-order chi connectivity index (χ1) is 8.24. The number of rotatable bonds is 2. The number of thiocarbonyl (C=S) groups is 1. The molecule has 3 heteroatoms. The molecule has 0 saturated heterocycles. The molecule has 0 aromatic heterocycles. The molecule has 17 heavy (non-hydrogen) atoms. The van der Waals surface area contributed by atoms with Crippen LogP contribution in [0.15, 0.2) is 24.3 Å². The van der Waals surface area contributed by atoms with Crippen LogP contribution in [0.3, 0.4) is 0 Å². The molecule has 1 aliphatic rings. The van der Waals surface area contributed by atoms with Crippen LogP contribution in [0.5, 0.6) is 0 Å². The van der Waals surface area contributed by atoms with Crippen LogP contribution in [-0.2, 0) is 6.42 Å². The maximum atomic E-state index is 5.40. The Balaban J connectivity index is 2.20. The van der Waals surface area contributed by atoms with Gasteiger partial charge in [-0.15, -0.1) is 0 Å². The van der Waals surface area contributed by atoms with Crippen molar-refractivity contribution in [1.29, 1.82) is 0 Å². The number of fused-ring (bicyclic) bond motifs is 1. The average Bonchev–Trinajstić information content (AvgIpc) is 2.37. The second-order valence-corrected chi connectivity index (χ2v) is 4.94. The van der Waals surface area contributed by atoms with Crippen LogP contribution in [-0.4, -0.2) is 23.6 Å². The molecular formula is C14H20N2S. The van der Waals surface area contributed by atoms with Crippen molar-refractivity contribution in [2.45, 2.75) is 32.2 Å². The number of aryl methyl sites for hydroxylation is 1. The van der Waals surface area contributed by atoms with Crippen LogP contribution in [0.2, 0.25) is 0 Å². The first-order valence-corrected chi connectivity index (χ1v) is 6.73. The molecule has 0 unspecified atom stereocenters. The number of hydrogen-bond donors (Lipinski definition) is 1. The van der Waals surface area contributed by atoms with Crippen LogP contribution in [0.1, 0.15) is 36.9 Å². The minimum atomic E-state index is 0.437. The fraction of sp³-hybridized carbons (Fsp3) is 0.500. The van der Waals surface area contributed by atoms with Gasteiger partial charge in [-0.25, -0.2) is 0 Å². The van der Waals surface area contributed by atoms with Crippen molar-refractivity contribution in [3.63, 3.8) is 0 Å². The number of nitrogens with one attached hydrogen (secondary N) is 1. The molecule has 0 radical (unpaired) electrons. The van der Waals surface area contributed by atoms with E-state index in [1.54, 1.807) is 0 Å². The highest BCUT2D eigenvalue weighted by Crippen LogP contribution is 2.33. The molecule has 1 atom stereocenters. The van der Waals surface area contributed by atoms with Crippen molar-refractivity contribution >= 4 is 17.3 Å². The van der Waals surface area contributed by atoms with Gasteiger partial charge in [-0.3, -0.25) is 0 Å². The van der Waals surface area contributed by atoms with Crippen molar-refractivity contribution in [3.8, 4) is 0 Å². The summed E-state index contributed by atoms with van der Waals surface area (Å²) in [7, 11) is 2.10. The smallest absolute Gasteiger partial charge is 0.169 e. The fourth-order valence-corrected chi connectivity index (χ4v) is 2.82. The first-order valence-electron chi connectivity index (χ1n) is 6.32. The van der Waals surface area contributed by atoms with Gasteiger partial charge in [0, 0.05) is 13.6 Å². The first kappa shape index (κ1) is 12.4. The Bertz CT molecular complexity index is 403. The van der Waals surface area contributed by atoms with Gasteiger partial charge in [0.1, 0.15) is 0 Å². The van der Waals surface area contributed by atoms with Crippen LogP contribution in [0.4, 0.5) is 0 Å². The summed E-state index contributed by atoms with van der Waals surface area (Å²) < 4.78 is 0. The van der Waals surface area contributed by atoms with Crippen molar-refractivity contribution in [2.75, 3.05) is 13.6 Å². The molecule has 1 N–H and O–H groups in total. The Hall–Kier alpha value is -1.09. The van der Waals surface area contributed by atoms with E-state index in [4.69, 9.17) is 12.2 Å². The summed E-state index contributed by atoms with van der Waals surface area (Å²) in [5, 5.41) is 4.09. The van der Waals surface area contributed by atoms with E-state index < -0.39 is 0 Å². The second kappa shape index (κ2) is 5.50. The van der Waals surface area contributed by atoms with Gasteiger partial charge in [0.15, 0.2) is 5.11 Å². The Morgan fingerprint density at radius 2 is 2.24 bits per heavy atom. The van der Waals surface area contributed by atoms with Crippen molar-refractivity contribution in [3.05, 3.63) is 35.4 Å². The number of nitrogens with zero attached hydrogens (tertiary/aromatic N) is 1. The summed E-state index contributed by atoms with van der Waals surface area (Å²) >= 11 is 5.40. The minimum absolute atomic E-state index is 0.437. The molecule has 0 amide bonds. The van der Waals surface area contributed by atoms with E-state index in [2.05, 4.69) is 48.5 Å². The maximum absolute atomic E-state index is 5.40. The summed E-state index contributed by atoms with van der Waals surface area (Å²) in [6.45, 7) is 2.96. The molecule has 92 valence electrons. The standard InChI is InChI=1S/C14H20N2S/c1-3-15-14(17)16(2)13-10-6-8-11-7-4-5-9-12(11)13/h4-5,7,9,13H,3,6,8,10H2,1-2H3,(H,15,17)/t13-/m0/s1. The zero-order valence-corrected chi connectivity index (χ0v) is 11.4. The molecule has 0 saturated carbocycles. The summed E-state index contributed by atoms with van der Waals surface area (Å²) in [6, 6.07) is 9.17. The Labute approximate surface area is 109 Å². The second-order valence-electron chi connectivity index (χ2n) is 4.55. The van der Waals surface area contributed by atoms with Gasteiger partial charge >= 0.3 is 0 Å². The van der Waals surface area contributed by atoms with Gasteiger partial charge in [-0.05, 0) is 49.5 Å². The Morgan fingerprint density at radius 3 is 3.00 bits per heavy atom. The topological polar surface area (TPSA) is 15.3 Å². The van der Waals surface area contributed by atoms with Gasteiger partial charge < -0.3 is 10.2 Å². The Kier molecular flexibility index (Phi) is 4.00. The van der Waals surface area contributed by atoms with E-state index in [1.807, 2.05) is 0 Å². The van der Waals surface area contributed by atoms with Crippen LogP contribution in [0.25, 0.3) is 0 Å². The summed E-state index contributed by atoms with van der Waals surface area (Å²) in [5.74, 6) is 0. The normalized spacial score (nSPS) is 18.4. The van der Waals surface area contributed by atoms with E-state index in [0.29, 0.717) is 6.04 Å². The average molecular weight is 248 g/mol. The summed E-state index contributed by atoms with van der Waals surface area (Å²) in [4.78, 5) is 2.21. The predicted molar refractivity (Wildman–Crippen MR) is 76.2 cm³/mol. The minimum Gasteiger partial charge on any atom is -0.363 e. The summed E-state index contributed by atoms with van der Waals surface area (Å²) in [5.41, 5.74) is 2.93. The molecule has 0 fully saturated rings. The molecule has 0 aliphatic heterocycles. The zero-order chi connectivity index (χ0) is 12.3. The maximum Gasteiger partial charge on any atom is 0.169 e. The van der Waals surface area contributed by atoms with Gasteiger partial charge in [-0.1, -0.05) is 24.3 Å². The Morgan fingerprint density at radius 1 is 1.47 bits per heavy atom. The molecule has 0 bridgehead atoms. The van der Waals surface area contributed by atoms with Crippen molar-refractivity contribution < 1.29 is 0 Å². The highest BCUT2D eigenvalue weighted by Gasteiger charge is 2.24. The molecule has 0 heterocycles. The third-order valence-corrected chi connectivity index (χ3v) is 3.89. The zero-order valence-electron chi connectivity index (χ0n) is 10.6. The van der Waals surface area contributed by atoms with Crippen molar-refractivity contribution in [2.24, 2.45) is 0 Å². The molecule has 1 aromatic rings. The van der Waals surface area contributed by atoms with Gasteiger partial charge in [0.2, 0.25) is 0 Å². The monoisotopic (exact) mass is 248 g/mol. The van der Waals surface area contributed by atoms with E-state index >= 15 is 0 Å². The highest BCUT2D eigenvalue weighted by molar-refractivity contribution is 7.80. The molecular weight excluding hydrogens is 228 g/mol. The van der Waals surface area contributed by atoms with E-state index in [0.717, 1.165) is 11.7 Å². The SMILES string of the molecule is CCNC(=S)N(C)[C@H]1CCCc2ccccc21. The van der Waals surface area contributed by atoms with Crippen LogP contribution < -0.4 is 5.32 Å². The van der Waals surface area contributed by atoms with Gasteiger partial charge in [-0.2, -0.15) is 0 Å². The van der Waals surface area contributed by atoms with E-state index in [-0.39, 0.29) is 0 Å². The molecule has 1 aliphatic carbocycles. The van der Waals surface area contributed by atoms with E-state index in [1.165, 1.54) is 30.4 Å². The molecule has 1 aromatic carbocycles. The van der Waals surface area contributed by atoms with Crippen molar-refractivity contribution in [1.82, 2.24) is 10.2 Å². The third kappa shape index (κ3) is 2.60. The lowest BCUT2D eigenvalue weighted by Crippen LogP contribution is -2.40. The third-order valence-electron chi connectivity index (χ3n) is 3.45.